The molecule has 1 aliphatic rings. The van der Waals surface area contributed by atoms with E-state index in [9.17, 15) is 18.0 Å². The SMILES string of the molecule is Cc1ccsc1C(=O)C1CCCC(C(F)(F)F)C1. The molecule has 0 spiro atoms. The van der Waals surface area contributed by atoms with Gasteiger partial charge in [-0.1, -0.05) is 6.42 Å². The molecule has 0 amide bonds. The van der Waals surface area contributed by atoms with Crippen LogP contribution in [0, 0.1) is 18.8 Å². The largest absolute Gasteiger partial charge is 0.391 e. The van der Waals surface area contributed by atoms with Crippen LogP contribution in [0.25, 0.3) is 0 Å². The van der Waals surface area contributed by atoms with Crippen molar-refractivity contribution >= 4 is 17.1 Å². The van der Waals surface area contributed by atoms with Crippen molar-refractivity contribution in [3.05, 3.63) is 21.9 Å². The van der Waals surface area contributed by atoms with Crippen molar-refractivity contribution in [2.45, 2.75) is 38.8 Å². The van der Waals surface area contributed by atoms with E-state index >= 15 is 0 Å². The van der Waals surface area contributed by atoms with Crippen LogP contribution in [0.15, 0.2) is 11.4 Å². The fraction of sp³-hybridized carbons (Fsp3) is 0.615. The van der Waals surface area contributed by atoms with Crippen molar-refractivity contribution in [2.24, 2.45) is 11.8 Å². The van der Waals surface area contributed by atoms with E-state index < -0.39 is 18.0 Å². The molecule has 2 rings (SSSR count). The van der Waals surface area contributed by atoms with Crippen molar-refractivity contribution < 1.29 is 18.0 Å². The Balaban J connectivity index is 2.10. The smallest absolute Gasteiger partial charge is 0.293 e. The lowest BCUT2D eigenvalue weighted by molar-refractivity contribution is -0.184. The minimum absolute atomic E-state index is 0.0420. The molecule has 1 heterocycles. The fourth-order valence-electron chi connectivity index (χ4n) is 2.54. The van der Waals surface area contributed by atoms with E-state index in [4.69, 9.17) is 0 Å². The summed E-state index contributed by atoms with van der Waals surface area (Å²) < 4.78 is 38.1. The molecule has 1 aliphatic carbocycles. The number of rotatable bonds is 2. The summed E-state index contributed by atoms with van der Waals surface area (Å²) in [6, 6.07) is 1.84. The van der Waals surface area contributed by atoms with Gasteiger partial charge in [0.15, 0.2) is 5.78 Å². The number of aryl methyl sites for hydroxylation is 1. The van der Waals surface area contributed by atoms with Gasteiger partial charge in [-0.2, -0.15) is 13.2 Å². The van der Waals surface area contributed by atoms with Crippen LogP contribution in [0.4, 0.5) is 13.2 Å². The second-order valence-corrected chi connectivity index (χ2v) is 5.82. The molecule has 0 N–H and O–H groups in total. The summed E-state index contributed by atoms with van der Waals surface area (Å²) in [5, 5.41) is 1.81. The van der Waals surface area contributed by atoms with E-state index in [0.29, 0.717) is 17.7 Å². The Labute approximate surface area is 108 Å². The normalized spacial score (nSPS) is 25.1. The average molecular weight is 276 g/mol. The minimum Gasteiger partial charge on any atom is -0.293 e. The fourth-order valence-corrected chi connectivity index (χ4v) is 3.48. The first-order valence-electron chi connectivity index (χ1n) is 6.04. The zero-order chi connectivity index (χ0) is 13.3. The highest BCUT2D eigenvalue weighted by Gasteiger charge is 2.43. The molecule has 0 aromatic carbocycles. The molecule has 1 fully saturated rings. The summed E-state index contributed by atoms with van der Waals surface area (Å²) in [7, 11) is 0. The number of carbonyl (C=O) groups is 1. The summed E-state index contributed by atoms with van der Waals surface area (Å²) in [4.78, 5) is 12.8. The molecule has 1 saturated carbocycles. The average Bonchev–Trinajstić information content (AvgIpc) is 2.73. The predicted molar refractivity (Wildman–Crippen MR) is 64.9 cm³/mol. The quantitative estimate of drug-likeness (QED) is 0.721. The number of hydrogen-bond acceptors (Lipinski definition) is 2. The second-order valence-electron chi connectivity index (χ2n) is 4.90. The summed E-state index contributed by atoms with van der Waals surface area (Å²) in [6.07, 6.45) is -2.96. The van der Waals surface area contributed by atoms with E-state index in [2.05, 4.69) is 0 Å². The summed E-state index contributed by atoms with van der Waals surface area (Å²) in [5.74, 6) is -1.86. The molecular formula is C13H15F3OS. The van der Waals surface area contributed by atoms with Crippen LogP contribution in [0.1, 0.15) is 40.9 Å². The van der Waals surface area contributed by atoms with Crippen LogP contribution in [0.2, 0.25) is 0 Å². The molecule has 0 saturated heterocycles. The maximum absolute atomic E-state index is 12.7. The monoisotopic (exact) mass is 276 g/mol. The van der Waals surface area contributed by atoms with Crippen molar-refractivity contribution in [2.75, 3.05) is 0 Å². The standard InChI is InChI=1S/C13H15F3OS/c1-8-5-6-18-12(8)11(17)9-3-2-4-10(7-9)13(14,15)16/h5-6,9-10H,2-4,7H2,1H3. The Kier molecular flexibility index (Phi) is 3.80. The van der Waals surface area contributed by atoms with E-state index in [1.54, 1.807) is 0 Å². The number of alkyl halides is 3. The molecule has 2 unspecified atom stereocenters. The molecule has 2 atom stereocenters. The van der Waals surface area contributed by atoms with Gasteiger partial charge in [-0.05, 0) is 43.2 Å². The van der Waals surface area contributed by atoms with E-state index in [-0.39, 0.29) is 18.6 Å². The van der Waals surface area contributed by atoms with Gasteiger partial charge in [0, 0.05) is 5.92 Å². The van der Waals surface area contributed by atoms with Gasteiger partial charge in [0.25, 0.3) is 0 Å². The molecule has 18 heavy (non-hydrogen) atoms. The zero-order valence-electron chi connectivity index (χ0n) is 10.1. The Morgan fingerprint density at radius 3 is 2.67 bits per heavy atom. The van der Waals surface area contributed by atoms with Crippen LogP contribution in [-0.4, -0.2) is 12.0 Å². The molecular weight excluding hydrogens is 261 g/mol. The van der Waals surface area contributed by atoms with Crippen molar-refractivity contribution in [3.63, 3.8) is 0 Å². The first-order chi connectivity index (χ1) is 8.39. The predicted octanol–water partition coefficient (Wildman–Crippen LogP) is 4.61. The highest BCUT2D eigenvalue weighted by molar-refractivity contribution is 7.12. The van der Waals surface area contributed by atoms with Gasteiger partial charge in [0.05, 0.1) is 10.8 Å². The van der Waals surface area contributed by atoms with Gasteiger partial charge < -0.3 is 0 Å². The Morgan fingerprint density at radius 2 is 2.11 bits per heavy atom. The van der Waals surface area contributed by atoms with E-state index in [1.807, 2.05) is 18.4 Å². The number of ketones is 1. The van der Waals surface area contributed by atoms with Crippen LogP contribution < -0.4 is 0 Å². The van der Waals surface area contributed by atoms with Gasteiger partial charge in [0.1, 0.15) is 0 Å². The molecule has 1 aromatic heterocycles. The van der Waals surface area contributed by atoms with Gasteiger partial charge in [-0.15, -0.1) is 11.3 Å². The van der Waals surface area contributed by atoms with E-state index in [0.717, 1.165) is 5.56 Å². The second kappa shape index (κ2) is 5.03. The minimum atomic E-state index is -4.16. The van der Waals surface area contributed by atoms with Crippen molar-refractivity contribution in [3.8, 4) is 0 Å². The first-order valence-corrected chi connectivity index (χ1v) is 6.92. The number of carbonyl (C=O) groups excluding carboxylic acids is 1. The number of Topliss-reactive ketones (excluding diaryl/α,β-unsaturated/α-hetero) is 1. The third kappa shape index (κ3) is 2.76. The van der Waals surface area contributed by atoms with Crippen molar-refractivity contribution in [1.29, 1.82) is 0 Å². The molecule has 0 bridgehead atoms. The summed E-state index contributed by atoms with van der Waals surface area (Å²) in [6.45, 7) is 1.83. The zero-order valence-corrected chi connectivity index (χ0v) is 10.9. The van der Waals surface area contributed by atoms with Crippen LogP contribution in [0.3, 0.4) is 0 Å². The topological polar surface area (TPSA) is 17.1 Å². The van der Waals surface area contributed by atoms with Crippen LogP contribution in [0.5, 0.6) is 0 Å². The van der Waals surface area contributed by atoms with Gasteiger partial charge in [0.2, 0.25) is 0 Å². The Bertz CT molecular complexity index is 436. The summed E-state index contributed by atoms with van der Waals surface area (Å²) >= 11 is 1.33. The Morgan fingerprint density at radius 1 is 1.39 bits per heavy atom. The molecule has 0 radical (unpaired) electrons. The number of hydrogen-bond donors (Lipinski definition) is 0. The van der Waals surface area contributed by atoms with Crippen LogP contribution in [-0.2, 0) is 0 Å². The van der Waals surface area contributed by atoms with Gasteiger partial charge in [-0.25, -0.2) is 0 Å². The van der Waals surface area contributed by atoms with Crippen molar-refractivity contribution in [1.82, 2.24) is 0 Å². The van der Waals surface area contributed by atoms with E-state index in [1.165, 1.54) is 11.3 Å². The molecule has 0 aliphatic heterocycles. The first kappa shape index (κ1) is 13.6. The summed E-state index contributed by atoms with van der Waals surface area (Å²) in [5.41, 5.74) is 0.874. The Hall–Kier alpha value is -0.840. The van der Waals surface area contributed by atoms with Gasteiger partial charge >= 0.3 is 6.18 Å². The van der Waals surface area contributed by atoms with Crippen LogP contribution >= 0.6 is 11.3 Å². The molecule has 1 aromatic rings. The highest BCUT2D eigenvalue weighted by Crippen LogP contribution is 2.41. The maximum Gasteiger partial charge on any atom is 0.391 e. The lowest BCUT2D eigenvalue weighted by Gasteiger charge is -2.29. The lowest BCUT2D eigenvalue weighted by Crippen LogP contribution is -2.31. The lowest BCUT2D eigenvalue weighted by atomic mass is 9.78. The van der Waals surface area contributed by atoms with Gasteiger partial charge in [-0.3, -0.25) is 4.79 Å². The maximum atomic E-state index is 12.7. The number of halogens is 3. The third-order valence-corrected chi connectivity index (χ3v) is 4.62. The third-order valence-electron chi connectivity index (χ3n) is 3.59. The molecule has 100 valence electrons. The molecule has 1 nitrogen and oxygen atoms in total. The number of thiophene rings is 1. The molecule has 5 heteroatoms. The highest BCUT2D eigenvalue weighted by atomic mass is 32.1.